The van der Waals surface area contributed by atoms with Crippen molar-refractivity contribution in [3.8, 4) is 5.75 Å². The molecule has 1 aliphatic heterocycles. The molecule has 0 amide bonds. The molecule has 4 nitrogen and oxygen atoms in total. The SMILES string of the molecule is COc1ccccc1CN=C(N)N1CCCCCC1. The minimum Gasteiger partial charge on any atom is -0.496 e. The van der Waals surface area contributed by atoms with Crippen LogP contribution in [0.4, 0.5) is 0 Å². The molecule has 1 fully saturated rings. The summed E-state index contributed by atoms with van der Waals surface area (Å²) in [4.78, 5) is 6.71. The Balaban J connectivity index is 2.00. The van der Waals surface area contributed by atoms with Gasteiger partial charge in [-0.1, -0.05) is 31.0 Å². The molecule has 1 aromatic carbocycles. The molecule has 0 atom stereocenters. The summed E-state index contributed by atoms with van der Waals surface area (Å²) in [6.45, 7) is 2.63. The molecule has 2 N–H and O–H groups in total. The van der Waals surface area contributed by atoms with E-state index >= 15 is 0 Å². The molecule has 1 saturated heterocycles. The first kappa shape index (κ1) is 13.7. The van der Waals surface area contributed by atoms with E-state index in [-0.39, 0.29) is 0 Å². The summed E-state index contributed by atoms with van der Waals surface area (Å²) in [5.74, 6) is 1.53. The number of para-hydroxylation sites is 1. The van der Waals surface area contributed by atoms with Gasteiger partial charge < -0.3 is 15.4 Å². The van der Waals surface area contributed by atoms with Crippen LogP contribution < -0.4 is 10.5 Å². The summed E-state index contributed by atoms with van der Waals surface area (Å²) in [5, 5.41) is 0. The molecule has 1 aliphatic rings. The van der Waals surface area contributed by atoms with Gasteiger partial charge in [0.2, 0.25) is 0 Å². The van der Waals surface area contributed by atoms with E-state index in [0.717, 1.165) is 24.4 Å². The predicted octanol–water partition coefficient (Wildman–Crippen LogP) is 2.39. The van der Waals surface area contributed by atoms with Crippen LogP contribution >= 0.6 is 0 Å². The first-order chi connectivity index (χ1) is 9.31. The average molecular weight is 261 g/mol. The molecule has 104 valence electrons. The van der Waals surface area contributed by atoms with Gasteiger partial charge in [-0.2, -0.15) is 0 Å². The molecule has 1 aromatic rings. The molecule has 0 radical (unpaired) electrons. The second kappa shape index (κ2) is 7.02. The summed E-state index contributed by atoms with van der Waals surface area (Å²) in [6, 6.07) is 7.94. The van der Waals surface area contributed by atoms with Gasteiger partial charge in [0.05, 0.1) is 13.7 Å². The maximum Gasteiger partial charge on any atom is 0.191 e. The monoisotopic (exact) mass is 261 g/mol. The van der Waals surface area contributed by atoms with Gasteiger partial charge in [-0.3, -0.25) is 0 Å². The predicted molar refractivity (Wildman–Crippen MR) is 78.4 cm³/mol. The summed E-state index contributed by atoms with van der Waals surface area (Å²) in [6.07, 6.45) is 5.03. The van der Waals surface area contributed by atoms with Gasteiger partial charge in [0.15, 0.2) is 5.96 Å². The van der Waals surface area contributed by atoms with Gasteiger partial charge in [-0.25, -0.2) is 4.99 Å². The van der Waals surface area contributed by atoms with Crippen molar-refractivity contribution in [3.63, 3.8) is 0 Å². The van der Waals surface area contributed by atoms with E-state index in [1.54, 1.807) is 7.11 Å². The van der Waals surface area contributed by atoms with Crippen molar-refractivity contribution in [2.75, 3.05) is 20.2 Å². The van der Waals surface area contributed by atoms with Crippen molar-refractivity contribution < 1.29 is 4.74 Å². The van der Waals surface area contributed by atoms with Crippen LogP contribution in [0, 0.1) is 0 Å². The summed E-state index contributed by atoms with van der Waals surface area (Å²) in [7, 11) is 1.68. The zero-order valence-electron chi connectivity index (χ0n) is 11.6. The minimum absolute atomic E-state index is 0.576. The van der Waals surface area contributed by atoms with Crippen LogP contribution in [0.5, 0.6) is 5.75 Å². The number of benzene rings is 1. The number of rotatable bonds is 3. The first-order valence-corrected chi connectivity index (χ1v) is 6.98. The van der Waals surface area contributed by atoms with Gasteiger partial charge >= 0.3 is 0 Å². The Kier molecular flexibility index (Phi) is 5.07. The number of ether oxygens (including phenoxy) is 1. The van der Waals surface area contributed by atoms with Crippen LogP contribution in [0.15, 0.2) is 29.3 Å². The lowest BCUT2D eigenvalue weighted by Crippen LogP contribution is -2.38. The molecule has 1 heterocycles. The molecular formula is C15H23N3O. The number of nitrogens with two attached hydrogens (primary N) is 1. The Hall–Kier alpha value is -1.71. The summed E-state index contributed by atoms with van der Waals surface area (Å²) < 4.78 is 5.32. The maximum atomic E-state index is 6.09. The zero-order chi connectivity index (χ0) is 13.5. The third-order valence-corrected chi connectivity index (χ3v) is 3.53. The fourth-order valence-corrected chi connectivity index (χ4v) is 2.40. The van der Waals surface area contributed by atoms with Gasteiger partial charge in [-0.05, 0) is 18.9 Å². The molecular weight excluding hydrogens is 238 g/mol. The Labute approximate surface area is 115 Å². The third kappa shape index (κ3) is 3.88. The molecule has 4 heteroatoms. The molecule has 0 bridgehead atoms. The average Bonchev–Trinajstić information content (AvgIpc) is 2.74. The minimum atomic E-state index is 0.576. The van der Waals surface area contributed by atoms with E-state index in [1.807, 2.05) is 24.3 Å². The lowest BCUT2D eigenvalue weighted by atomic mass is 10.2. The highest BCUT2D eigenvalue weighted by Gasteiger charge is 2.11. The number of likely N-dealkylation sites (tertiary alicyclic amines) is 1. The molecule has 2 rings (SSSR count). The molecule has 0 aromatic heterocycles. The fourth-order valence-electron chi connectivity index (χ4n) is 2.40. The highest BCUT2D eigenvalue weighted by Crippen LogP contribution is 2.18. The Morgan fingerprint density at radius 3 is 2.58 bits per heavy atom. The number of nitrogens with zero attached hydrogens (tertiary/aromatic N) is 2. The van der Waals surface area contributed by atoms with Crippen molar-refractivity contribution >= 4 is 5.96 Å². The molecule has 0 spiro atoms. The maximum absolute atomic E-state index is 6.09. The Morgan fingerprint density at radius 1 is 1.21 bits per heavy atom. The highest BCUT2D eigenvalue weighted by atomic mass is 16.5. The Bertz CT molecular complexity index is 423. The van der Waals surface area contributed by atoms with Gasteiger partial charge in [-0.15, -0.1) is 0 Å². The lowest BCUT2D eigenvalue weighted by molar-refractivity contribution is 0.409. The number of aliphatic imine (C=N–C) groups is 1. The van der Waals surface area contributed by atoms with Crippen LogP contribution in [0.3, 0.4) is 0 Å². The van der Waals surface area contributed by atoms with Crippen LogP contribution in [-0.2, 0) is 6.54 Å². The summed E-state index contributed by atoms with van der Waals surface area (Å²) >= 11 is 0. The molecule has 19 heavy (non-hydrogen) atoms. The van der Waals surface area contributed by atoms with Crippen molar-refractivity contribution in [1.82, 2.24) is 4.90 Å². The van der Waals surface area contributed by atoms with E-state index in [9.17, 15) is 0 Å². The normalized spacial score (nSPS) is 17.1. The van der Waals surface area contributed by atoms with E-state index in [4.69, 9.17) is 10.5 Å². The van der Waals surface area contributed by atoms with E-state index in [0.29, 0.717) is 12.5 Å². The quantitative estimate of drug-likeness (QED) is 0.671. The van der Waals surface area contributed by atoms with Crippen LogP contribution in [0.2, 0.25) is 0 Å². The van der Waals surface area contributed by atoms with E-state index in [1.165, 1.54) is 25.7 Å². The van der Waals surface area contributed by atoms with Gasteiger partial charge in [0, 0.05) is 18.7 Å². The van der Waals surface area contributed by atoms with Crippen molar-refractivity contribution in [2.45, 2.75) is 32.2 Å². The van der Waals surface area contributed by atoms with E-state index in [2.05, 4.69) is 9.89 Å². The largest absolute Gasteiger partial charge is 0.496 e. The molecule has 0 unspecified atom stereocenters. The standard InChI is InChI=1S/C15H23N3O/c1-19-14-9-5-4-8-13(14)12-17-15(16)18-10-6-2-3-7-11-18/h4-5,8-9H,2-3,6-7,10-12H2,1H3,(H2,16,17). The highest BCUT2D eigenvalue weighted by molar-refractivity contribution is 5.78. The third-order valence-electron chi connectivity index (χ3n) is 3.53. The smallest absolute Gasteiger partial charge is 0.191 e. The second-order valence-corrected chi connectivity index (χ2v) is 4.89. The van der Waals surface area contributed by atoms with Crippen LogP contribution in [0.25, 0.3) is 0 Å². The number of methoxy groups -OCH3 is 1. The number of hydrogen-bond acceptors (Lipinski definition) is 2. The first-order valence-electron chi connectivity index (χ1n) is 6.98. The van der Waals surface area contributed by atoms with E-state index < -0.39 is 0 Å². The fraction of sp³-hybridized carbons (Fsp3) is 0.533. The number of guanidine groups is 1. The topological polar surface area (TPSA) is 50.9 Å². The number of hydrogen-bond donors (Lipinski definition) is 1. The van der Waals surface area contributed by atoms with Crippen molar-refractivity contribution in [2.24, 2.45) is 10.7 Å². The Morgan fingerprint density at radius 2 is 1.89 bits per heavy atom. The molecule has 0 saturated carbocycles. The van der Waals surface area contributed by atoms with Crippen molar-refractivity contribution in [3.05, 3.63) is 29.8 Å². The zero-order valence-corrected chi connectivity index (χ0v) is 11.6. The molecule has 0 aliphatic carbocycles. The van der Waals surface area contributed by atoms with Crippen LogP contribution in [-0.4, -0.2) is 31.1 Å². The van der Waals surface area contributed by atoms with Crippen LogP contribution in [0.1, 0.15) is 31.2 Å². The lowest BCUT2D eigenvalue weighted by Gasteiger charge is -2.21. The van der Waals surface area contributed by atoms with Gasteiger partial charge in [0.25, 0.3) is 0 Å². The summed E-state index contributed by atoms with van der Waals surface area (Å²) in [5.41, 5.74) is 7.16. The van der Waals surface area contributed by atoms with Gasteiger partial charge in [0.1, 0.15) is 5.75 Å². The second-order valence-electron chi connectivity index (χ2n) is 4.89. The van der Waals surface area contributed by atoms with Crippen molar-refractivity contribution in [1.29, 1.82) is 0 Å².